The van der Waals surface area contributed by atoms with Crippen molar-refractivity contribution in [1.82, 2.24) is 0 Å². The number of carbonyl (C=O) groups is 2. The molecule has 3 aliphatic rings. The molecule has 0 radical (unpaired) electrons. The highest BCUT2D eigenvalue weighted by molar-refractivity contribution is 5.68. The van der Waals surface area contributed by atoms with Crippen LogP contribution in [0.2, 0.25) is 0 Å². The van der Waals surface area contributed by atoms with Gasteiger partial charge in [0.15, 0.2) is 0 Å². The minimum atomic E-state index is -0.670. The highest BCUT2D eigenvalue weighted by atomic mass is 17.1. The van der Waals surface area contributed by atoms with Crippen LogP contribution >= 0.6 is 0 Å². The number of allylic oxidation sites excluding steroid dienone is 2. The van der Waals surface area contributed by atoms with Crippen molar-refractivity contribution in [3.05, 3.63) is 12.2 Å². The van der Waals surface area contributed by atoms with E-state index < -0.39 is 11.9 Å². The molecular formula is C29H58O8. The van der Waals surface area contributed by atoms with E-state index in [0.717, 1.165) is 32.1 Å². The number of hydrogen-bond donors (Lipinski definition) is 4. The second-order valence-electron chi connectivity index (χ2n) is 9.44. The molecule has 1 aliphatic heterocycles. The van der Waals surface area contributed by atoms with Gasteiger partial charge in [-0.05, 0) is 51.4 Å². The molecule has 0 bridgehead atoms. The van der Waals surface area contributed by atoms with E-state index >= 15 is 0 Å². The number of carbonyl (C=O) groups excluding carboxylic acids is 1. The third kappa shape index (κ3) is 32.5. The molecule has 1 saturated heterocycles. The van der Waals surface area contributed by atoms with Gasteiger partial charge >= 0.3 is 11.9 Å². The molecule has 2 unspecified atom stereocenters. The van der Waals surface area contributed by atoms with Gasteiger partial charge in [-0.15, -0.1) is 0 Å². The molecule has 2 atom stereocenters. The van der Waals surface area contributed by atoms with Crippen LogP contribution in [0.25, 0.3) is 0 Å². The van der Waals surface area contributed by atoms with Crippen molar-refractivity contribution >= 4 is 11.9 Å². The van der Waals surface area contributed by atoms with Crippen molar-refractivity contribution in [2.45, 2.75) is 162 Å². The largest absolute Gasteiger partial charge is 0.481 e. The Hall–Kier alpha value is -1.48. The summed E-state index contributed by atoms with van der Waals surface area (Å²) in [5.74, 6) is -1.20. The van der Waals surface area contributed by atoms with E-state index in [1.165, 1.54) is 83.5 Å². The molecule has 2 fully saturated rings. The Morgan fingerprint density at radius 1 is 0.757 bits per heavy atom. The Morgan fingerprint density at radius 3 is 1.51 bits per heavy atom. The predicted molar refractivity (Wildman–Crippen MR) is 150 cm³/mol. The lowest BCUT2D eigenvalue weighted by Gasteiger charge is -2.00. The number of epoxide rings is 1. The van der Waals surface area contributed by atoms with E-state index in [0.29, 0.717) is 25.0 Å². The fourth-order valence-corrected chi connectivity index (χ4v) is 3.94. The van der Waals surface area contributed by atoms with Crippen molar-refractivity contribution in [2.75, 3.05) is 0 Å². The van der Waals surface area contributed by atoms with Gasteiger partial charge in [0.25, 0.3) is 0 Å². The normalized spacial score (nSPS) is 18.2. The topological polar surface area (TPSA) is 137 Å². The first-order valence-corrected chi connectivity index (χ1v) is 14.1. The molecular weight excluding hydrogens is 476 g/mol. The van der Waals surface area contributed by atoms with Gasteiger partial charge in [0.05, 0.1) is 12.2 Å². The Bertz CT molecular complexity index is 492. The van der Waals surface area contributed by atoms with Gasteiger partial charge in [-0.1, -0.05) is 97.6 Å². The van der Waals surface area contributed by atoms with Crippen LogP contribution in [0.3, 0.4) is 0 Å². The molecule has 8 heteroatoms. The van der Waals surface area contributed by atoms with Crippen LogP contribution in [0.5, 0.6) is 0 Å². The van der Waals surface area contributed by atoms with Gasteiger partial charge in [-0.2, -0.15) is 5.26 Å². The first kappa shape index (κ1) is 40.0. The monoisotopic (exact) mass is 534 g/mol. The average Bonchev–Trinajstić information content (AvgIpc) is 3.71. The van der Waals surface area contributed by atoms with Gasteiger partial charge in [-0.3, -0.25) is 15.3 Å². The summed E-state index contributed by atoms with van der Waals surface area (Å²) in [6.07, 6.45) is 28.5. The van der Waals surface area contributed by atoms with Crippen LogP contribution in [-0.4, -0.2) is 45.0 Å². The number of rotatable bonds is 12. The zero-order valence-corrected chi connectivity index (χ0v) is 22.9. The van der Waals surface area contributed by atoms with E-state index in [1.54, 1.807) is 0 Å². The minimum absolute atomic E-state index is 0. The molecule has 2 aliphatic carbocycles. The number of hydrogen-bond acceptors (Lipinski definition) is 7. The molecule has 222 valence electrons. The summed E-state index contributed by atoms with van der Waals surface area (Å²) < 4.78 is 5.28. The molecule has 0 aromatic heterocycles. The Balaban J connectivity index is -0.000000410. The summed E-state index contributed by atoms with van der Waals surface area (Å²) in [5, 5.41) is 28.2. The summed E-state index contributed by atoms with van der Waals surface area (Å²) in [6, 6.07) is 0. The zero-order chi connectivity index (χ0) is 27.3. The van der Waals surface area contributed by atoms with Crippen molar-refractivity contribution in [3.8, 4) is 0 Å². The van der Waals surface area contributed by atoms with Crippen LogP contribution in [-0.2, 0) is 19.2 Å². The minimum Gasteiger partial charge on any atom is -0.481 e. The van der Waals surface area contributed by atoms with E-state index in [9.17, 15) is 9.59 Å². The van der Waals surface area contributed by atoms with E-state index in [4.69, 9.17) is 25.6 Å². The number of carboxylic acids is 1. The first-order valence-electron chi connectivity index (χ1n) is 14.1. The quantitative estimate of drug-likeness (QED) is 0.0640. The van der Waals surface area contributed by atoms with Crippen LogP contribution < -0.4 is 0 Å². The maximum atomic E-state index is 10.4. The number of unbranched alkanes of at least 4 members (excludes halogenated alkanes) is 8. The molecule has 0 aromatic carbocycles. The van der Waals surface area contributed by atoms with Gasteiger partial charge in [0.2, 0.25) is 0 Å². The van der Waals surface area contributed by atoms with Crippen molar-refractivity contribution in [3.63, 3.8) is 0 Å². The third-order valence-corrected chi connectivity index (χ3v) is 6.15. The molecule has 37 heavy (non-hydrogen) atoms. The van der Waals surface area contributed by atoms with Crippen molar-refractivity contribution in [2.24, 2.45) is 0 Å². The summed E-state index contributed by atoms with van der Waals surface area (Å²) in [4.78, 5) is 23.9. The lowest BCUT2D eigenvalue weighted by atomic mass is 10.0. The zero-order valence-electron chi connectivity index (χ0n) is 22.9. The molecule has 0 amide bonds. The van der Waals surface area contributed by atoms with E-state index in [-0.39, 0.29) is 7.43 Å². The first-order chi connectivity index (χ1) is 17.5. The second kappa shape index (κ2) is 32.5. The maximum absolute atomic E-state index is 10.4. The smallest absolute Gasteiger partial charge is 0.342 e. The number of aliphatic carboxylic acids is 1. The van der Waals surface area contributed by atoms with Gasteiger partial charge < -0.3 is 14.7 Å². The summed E-state index contributed by atoms with van der Waals surface area (Å²) in [5.41, 5.74) is 0. The molecule has 4 N–H and O–H groups in total. The highest BCUT2D eigenvalue weighted by Gasteiger charge is 2.39. The molecule has 3 rings (SSSR count). The second-order valence-corrected chi connectivity index (χ2v) is 9.44. The van der Waals surface area contributed by atoms with Crippen LogP contribution in [0.4, 0.5) is 0 Å². The lowest BCUT2D eigenvalue weighted by molar-refractivity contribution is -0.234. The SMILES string of the molecule is C.C1=CCCCC1.C1CCC2OC2C1.CCCCCCCC(=O)O.CCCCCCCC(=O)OO.OO. The van der Waals surface area contributed by atoms with Gasteiger partial charge in [0.1, 0.15) is 0 Å². The molecule has 1 heterocycles. The Kier molecular flexibility index (Phi) is 35.2. The van der Waals surface area contributed by atoms with Crippen LogP contribution in [0.15, 0.2) is 12.2 Å². The number of ether oxygens (including phenoxy) is 1. The molecule has 0 aromatic rings. The summed E-state index contributed by atoms with van der Waals surface area (Å²) >= 11 is 0. The standard InChI is InChI=1S/C8H16O3.C8H16O2.C6H10O.C6H10.CH4.H2O2/c1-2-3-4-5-6-7-8(9)11-10;1-2-3-4-5-6-7-8(9)10;1-2-4-6-5(3-1)7-6;1-2-4-6-5-3-1;;1-2/h10H,2-7H2,1H3;2-7H2,1H3,(H,9,10);5-6H,1-4H2;1-2H,3-6H2;1H4;1-2H. The lowest BCUT2D eigenvalue weighted by Crippen LogP contribution is -2.00. The maximum Gasteiger partial charge on any atom is 0.342 e. The predicted octanol–water partition coefficient (Wildman–Crippen LogP) is 8.89. The molecule has 8 nitrogen and oxygen atoms in total. The fourth-order valence-electron chi connectivity index (χ4n) is 3.94. The molecule has 0 spiro atoms. The Morgan fingerprint density at radius 2 is 1.19 bits per heavy atom. The Labute approximate surface area is 226 Å². The van der Waals surface area contributed by atoms with Crippen LogP contribution in [0.1, 0.15) is 150 Å². The molecule has 1 saturated carbocycles. The summed E-state index contributed by atoms with van der Waals surface area (Å²) in [6.45, 7) is 4.29. The van der Waals surface area contributed by atoms with Crippen LogP contribution in [0, 0.1) is 0 Å². The number of fused-ring (bicyclic) bond motifs is 1. The van der Waals surface area contributed by atoms with Gasteiger partial charge in [-0.25, -0.2) is 4.79 Å². The van der Waals surface area contributed by atoms with Crippen molar-refractivity contribution < 1.29 is 40.1 Å². The van der Waals surface area contributed by atoms with E-state index in [1.807, 2.05) is 0 Å². The van der Waals surface area contributed by atoms with Gasteiger partial charge in [0, 0.05) is 12.8 Å². The summed E-state index contributed by atoms with van der Waals surface area (Å²) in [7, 11) is 0. The number of carboxylic acid groups (broad SMARTS) is 1. The highest BCUT2D eigenvalue weighted by Crippen LogP contribution is 2.35. The fraction of sp³-hybridized carbons (Fsp3) is 0.862. The van der Waals surface area contributed by atoms with E-state index in [2.05, 4.69) is 30.9 Å². The average molecular weight is 535 g/mol. The van der Waals surface area contributed by atoms with Crippen molar-refractivity contribution in [1.29, 1.82) is 0 Å². The third-order valence-electron chi connectivity index (χ3n) is 6.15.